The lowest BCUT2D eigenvalue weighted by Crippen LogP contribution is -2.37. The van der Waals surface area contributed by atoms with Crippen LogP contribution >= 0.6 is 24.0 Å². The Hall–Kier alpha value is -3.30. The van der Waals surface area contributed by atoms with Crippen molar-refractivity contribution >= 4 is 63.0 Å². The Morgan fingerprint density at radius 2 is 1.95 bits per heavy atom. The van der Waals surface area contributed by atoms with Crippen molar-refractivity contribution in [3.63, 3.8) is 0 Å². The molecule has 0 radical (unpaired) electrons. The highest BCUT2D eigenvalue weighted by Crippen LogP contribution is 2.37. The van der Waals surface area contributed by atoms with Crippen LogP contribution in [0.25, 0.3) is 17.0 Å². The molecule has 0 aliphatic carbocycles. The molecule has 2 saturated heterocycles. The fourth-order valence-corrected chi connectivity index (χ4v) is 6.10. The maximum Gasteiger partial charge on any atom is 0.309 e. The summed E-state index contributed by atoms with van der Waals surface area (Å²) in [5, 5.41) is 0.989. The van der Waals surface area contributed by atoms with E-state index in [2.05, 4.69) is 11.0 Å². The van der Waals surface area contributed by atoms with Gasteiger partial charge < -0.3 is 9.64 Å². The second-order valence-corrected chi connectivity index (χ2v) is 11.1. The number of carbonyl (C=O) groups is 2. The number of nitrogens with zero attached hydrogens (tertiary/aromatic N) is 3. The minimum Gasteiger partial charge on any atom is -0.466 e. The summed E-state index contributed by atoms with van der Waals surface area (Å²) >= 11 is 6.79. The number of thioether (sulfide) groups is 1. The van der Waals surface area contributed by atoms with Gasteiger partial charge in [-0.3, -0.25) is 14.5 Å². The van der Waals surface area contributed by atoms with Crippen LogP contribution in [0.5, 0.6) is 0 Å². The highest BCUT2D eigenvalue weighted by atomic mass is 32.2. The number of fused-ring (bicyclic) bond motifs is 1. The van der Waals surface area contributed by atoms with E-state index >= 15 is 0 Å². The molecule has 2 aliphatic heterocycles. The number of hydrogen-bond acceptors (Lipinski definition) is 7. The molecule has 1 amide bonds. The van der Waals surface area contributed by atoms with Gasteiger partial charge in [0.25, 0.3) is 5.91 Å². The molecule has 2 aliphatic rings. The van der Waals surface area contributed by atoms with Crippen LogP contribution in [0.3, 0.4) is 0 Å². The number of benzene rings is 2. The molecular formula is C29H28FN3O3S2. The zero-order valence-electron chi connectivity index (χ0n) is 21.3. The SMILES string of the molecule is CCOC(=O)C1CCN(c2nc3c(C)cccc3cc2/C=C2\SC(=S)N(Cc3ccc(F)cc3)C2=O)CC1. The van der Waals surface area contributed by atoms with Crippen molar-refractivity contribution in [2.45, 2.75) is 33.2 Å². The van der Waals surface area contributed by atoms with E-state index in [0.29, 0.717) is 41.8 Å². The number of para-hydroxylation sites is 1. The zero-order valence-corrected chi connectivity index (χ0v) is 22.9. The average molecular weight is 550 g/mol. The molecule has 0 unspecified atom stereocenters. The second-order valence-electron chi connectivity index (χ2n) is 9.46. The number of thiocarbonyl (C=S) groups is 1. The van der Waals surface area contributed by atoms with Crippen molar-refractivity contribution in [1.29, 1.82) is 0 Å². The van der Waals surface area contributed by atoms with Crippen LogP contribution in [0.2, 0.25) is 0 Å². The third kappa shape index (κ3) is 5.44. The predicted octanol–water partition coefficient (Wildman–Crippen LogP) is 5.86. The number of esters is 1. The molecule has 2 aromatic carbocycles. The normalized spacial score (nSPS) is 17.6. The number of halogens is 1. The largest absolute Gasteiger partial charge is 0.466 e. The van der Waals surface area contributed by atoms with Crippen molar-refractivity contribution in [1.82, 2.24) is 9.88 Å². The summed E-state index contributed by atoms with van der Waals surface area (Å²) in [7, 11) is 0. The molecule has 2 fully saturated rings. The van der Waals surface area contributed by atoms with E-state index in [1.807, 2.05) is 38.1 Å². The van der Waals surface area contributed by atoms with Crippen molar-refractivity contribution in [2.75, 3.05) is 24.6 Å². The van der Waals surface area contributed by atoms with Gasteiger partial charge in [-0.15, -0.1) is 0 Å². The molecule has 3 aromatic rings. The summed E-state index contributed by atoms with van der Waals surface area (Å²) in [6.45, 7) is 5.86. The van der Waals surface area contributed by atoms with E-state index in [-0.39, 0.29) is 30.2 Å². The Morgan fingerprint density at radius 3 is 2.66 bits per heavy atom. The lowest BCUT2D eigenvalue weighted by atomic mass is 9.96. The molecule has 0 saturated carbocycles. The van der Waals surface area contributed by atoms with Gasteiger partial charge in [-0.05, 0) is 62.1 Å². The van der Waals surface area contributed by atoms with Gasteiger partial charge in [-0.1, -0.05) is 54.3 Å². The topological polar surface area (TPSA) is 62.7 Å². The molecule has 9 heteroatoms. The van der Waals surface area contributed by atoms with Crippen LogP contribution in [-0.4, -0.2) is 45.8 Å². The summed E-state index contributed by atoms with van der Waals surface area (Å²) in [4.78, 5) is 34.9. The Labute approximate surface area is 230 Å². The second kappa shape index (κ2) is 11.2. The van der Waals surface area contributed by atoms with Crippen molar-refractivity contribution in [3.05, 3.63) is 75.9 Å². The number of carbonyl (C=O) groups excluding carboxylic acids is 2. The lowest BCUT2D eigenvalue weighted by Gasteiger charge is -2.33. The van der Waals surface area contributed by atoms with E-state index in [1.165, 1.54) is 23.9 Å². The summed E-state index contributed by atoms with van der Waals surface area (Å²) in [6, 6.07) is 14.2. The van der Waals surface area contributed by atoms with Crippen molar-refractivity contribution < 1.29 is 18.7 Å². The minimum absolute atomic E-state index is 0.112. The average Bonchev–Trinajstić information content (AvgIpc) is 3.17. The lowest BCUT2D eigenvalue weighted by molar-refractivity contribution is -0.148. The Bertz CT molecular complexity index is 1430. The number of hydrogen-bond donors (Lipinski definition) is 0. The van der Waals surface area contributed by atoms with Crippen LogP contribution in [0.15, 0.2) is 53.4 Å². The first-order chi connectivity index (χ1) is 18.3. The van der Waals surface area contributed by atoms with Crippen LogP contribution in [0.4, 0.5) is 10.2 Å². The van der Waals surface area contributed by atoms with Crippen LogP contribution in [-0.2, 0) is 20.9 Å². The molecular weight excluding hydrogens is 521 g/mol. The first-order valence-electron chi connectivity index (χ1n) is 12.7. The molecule has 3 heterocycles. The number of aryl methyl sites for hydroxylation is 1. The third-order valence-corrected chi connectivity index (χ3v) is 8.26. The number of anilines is 1. The summed E-state index contributed by atoms with van der Waals surface area (Å²) < 4.78 is 19.0. The fourth-order valence-electron chi connectivity index (χ4n) is 4.85. The first-order valence-corrected chi connectivity index (χ1v) is 13.9. The van der Waals surface area contributed by atoms with Gasteiger partial charge in [0.05, 0.1) is 29.5 Å². The molecule has 0 bridgehead atoms. The van der Waals surface area contributed by atoms with E-state index in [1.54, 1.807) is 17.0 Å². The van der Waals surface area contributed by atoms with Gasteiger partial charge >= 0.3 is 5.97 Å². The standard InChI is InChI=1S/C29H28FN3O3S2/c1-3-36-28(35)20-11-13-32(14-12-20)26-22(15-21-6-4-5-18(2)25(21)31-26)16-24-27(34)33(29(37)38-24)17-19-7-9-23(30)10-8-19/h4-10,15-16,20H,3,11-14,17H2,1-2H3/b24-16-. The highest BCUT2D eigenvalue weighted by Gasteiger charge is 2.33. The van der Waals surface area contributed by atoms with E-state index < -0.39 is 0 Å². The summed E-state index contributed by atoms with van der Waals surface area (Å²) in [6.07, 6.45) is 3.24. The van der Waals surface area contributed by atoms with Crippen LogP contribution < -0.4 is 4.90 Å². The van der Waals surface area contributed by atoms with Gasteiger partial charge in [0.2, 0.25) is 0 Å². The van der Waals surface area contributed by atoms with Gasteiger partial charge in [-0.25, -0.2) is 9.37 Å². The predicted molar refractivity (Wildman–Crippen MR) is 153 cm³/mol. The first kappa shape index (κ1) is 26.3. The van der Waals surface area contributed by atoms with E-state index in [4.69, 9.17) is 21.9 Å². The molecule has 0 spiro atoms. The maximum atomic E-state index is 13.4. The number of aromatic nitrogens is 1. The zero-order chi connectivity index (χ0) is 26.8. The van der Waals surface area contributed by atoms with Gasteiger partial charge in [0, 0.05) is 24.0 Å². The Morgan fingerprint density at radius 1 is 1.21 bits per heavy atom. The van der Waals surface area contributed by atoms with Gasteiger partial charge in [0.1, 0.15) is 16.0 Å². The van der Waals surface area contributed by atoms with Crippen molar-refractivity contribution in [2.24, 2.45) is 5.92 Å². The third-order valence-electron chi connectivity index (χ3n) is 6.88. The number of piperidine rings is 1. The molecule has 0 atom stereocenters. The number of ether oxygens (including phenoxy) is 1. The molecule has 196 valence electrons. The fraction of sp³-hybridized carbons (Fsp3) is 0.310. The Balaban J connectivity index is 1.46. The number of rotatable bonds is 6. The number of amides is 1. The van der Waals surface area contributed by atoms with E-state index in [0.717, 1.165) is 33.4 Å². The van der Waals surface area contributed by atoms with Crippen LogP contribution in [0.1, 0.15) is 36.5 Å². The number of pyridine rings is 1. The quantitative estimate of drug-likeness (QED) is 0.217. The van der Waals surface area contributed by atoms with E-state index in [9.17, 15) is 14.0 Å². The van der Waals surface area contributed by atoms with Gasteiger partial charge in [-0.2, -0.15) is 0 Å². The maximum absolute atomic E-state index is 13.4. The molecule has 0 N–H and O–H groups in total. The van der Waals surface area contributed by atoms with Crippen molar-refractivity contribution in [3.8, 4) is 0 Å². The molecule has 5 rings (SSSR count). The Kier molecular flexibility index (Phi) is 7.76. The minimum atomic E-state index is -0.322. The summed E-state index contributed by atoms with van der Waals surface area (Å²) in [5.74, 6) is 0.0366. The van der Waals surface area contributed by atoms with Crippen LogP contribution in [0, 0.1) is 18.7 Å². The molecule has 1 aromatic heterocycles. The molecule has 38 heavy (non-hydrogen) atoms. The smallest absolute Gasteiger partial charge is 0.309 e. The monoisotopic (exact) mass is 549 g/mol. The van der Waals surface area contributed by atoms with Gasteiger partial charge in [0.15, 0.2) is 0 Å². The highest BCUT2D eigenvalue weighted by molar-refractivity contribution is 8.26. The summed E-state index contributed by atoms with van der Waals surface area (Å²) in [5.41, 5.74) is 3.62. The molecule has 6 nitrogen and oxygen atoms in total.